The largest absolute Gasteiger partial charge is 0.507 e. The van der Waals surface area contributed by atoms with E-state index in [4.69, 9.17) is 11.6 Å². The average molecular weight is 494 g/mol. The highest BCUT2D eigenvalue weighted by Gasteiger charge is 2.18. The number of anilines is 1. The van der Waals surface area contributed by atoms with Gasteiger partial charge in [0.1, 0.15) is 17.4 Å². The minimum absolute atomic E-state index is 0.0539. The van der Waals surface area contributed by atoms with Gasteiger partial charge in [0, 0.05) is 56.4 Å². The minimum Gasteiger partial charge on any atom is -0.507 e. The summed E-state index contributed by atoms with van der Waals surface area (Å²) in [6.45, 7) is 3.53. The maximum atomic E-state index is 14.8. The van der Waals surface area contributed by atoms with E-state index in [1.807, 2.05) is 6.07 Å². The smallest absolute Gasteiger partial charge is 0.332 e. The zero-order valence-corrected chi connectivity index (χ0v) is 20.0. The lowest BCUT2D eigenvalue weighted by atomic mass is 9.97. The lowest BCUT2D eigenvalue weighted by molar-refractivity contribution is 0.477. The van der Waals surface area contributed by atoms with Crippen LogP contribution in [0.1, 0.15) is 6.42 Å². The molecular formula is C26H25ClFN5O2. The van der Waals surface area contributed by atoms with Crippen LogP contribution in [-0.4, -0.2) is 45.4 Å². The Morgan fingerprint density at radius 3 is 2.51 bits per heavy atom. The normalized spacial score (nSPS) is 14.2. The van der Waals surface area contributed by atoms with Crippen LogP contribution in [0.2, 0.25) is 5.02 Å². The van der Waals surface area contributed by atoms with E-state index in [9.17, 15) is 14.3 Å². The van der Waals surface area contributed by atoms with Crippen LogP contribution in [0.15, 0.2) is 65.8 Å². The molecule has 35 heavy (non-hydrogen) atoms. The van der Waals surface area contributed by atoms with Crippen LogP contribution in [0.25, 0.3) is 27.9 Å². The first-order valence-corrected chi connectivity index (χ1v) is 11.8. The van der Waals surface area contributed by atoms with Crippen molar-refractivity contribution in [2.75, 3.05) is 31.1 Å². The number of aryl methyl sites for hydroxylation is 1. The van der Waals surface area contributed by atoms with E-state index in [0.29, 0.717) is 33.0 Å². The van der Waals surface area contributed by atoms with Gasteiger partial charge in [0.05, 0.1) is 10.7 Å². The number of rotatable bonds is 4. The van der Waals surface area contributed by atoms with Gasteiger partial charge in [-0.05, 0) is 60.5 Å². The summed E-state index contributed by atoms with van der Waals surface area (Å²) in [6, 6.07) is 11.2. The third-order valence-electron chi connectivity index (χ3n) is 6.26. The van der Waals surface area contributed by atoms with Gasteiger partial charge in [-0.3, -0.25) is 4.57 Å². The number of phenolic OH excluding ortho intramolecular Hbond substituents is 1. The maximum Gasteiger partial charge on any atom is 0.332 e. The molecule has 2 N–H and O–H groups in total. The van der Waals surface area contributed by atoms with Crippen molar-refractivity contribution in [3.63, 3.8) is 0 Å². The summed E-state index contributed by atoms with van der Waals surface area (Å²) in [6.07, 6.45) is 5.95. The van der Waals surface area contributed by atoms with Crippen molar-refractivity contribution in [1.29, 1.82) is 0 Å². The van der Waals surface area contributed by atoms with Crippen molar-refractivity contribution < 1.29 is 9.50 Å². The van der Waals surface area contributed by atoms with Crippen LogP contribution in [0.4, 0.5) is 10.2 Å². The standard InChI is InChI=1S/C26H25ClFN5O2/c1-31-11-12-33(26(31)35)23-4-3-17(13-22(23)27)20-15-19(28)16-21(25(20)34)18-5-7-30-24(14-18)32-9-2-6-29-8-10-32/h3-5,7,11-16,29,34H,2,6,8-10H2,1H3. The minimum atomic E-state index is -0.482. The molecule has 5 rings (SSSR count). The van der Waals surface area contributed by atoms with Gasteiger partial charge in [0.25, 0.3) is 0 Å². The Hall–Kier alpha value is -3.62. The number of pyridine rings is 1. The summed E-state index contributed by atoms with van der Waals surface area (Å²) in [4.78, 5) is 19.0. The van der Waals surface area contributed by atoms with E-state index >= 15 is 0 Å². The highest BCUT2D eigenvalue weighted by molar-refractivity contribution is 6.32. The summed E-state index contributed by atoms with van der Waals surface area (Å²) >= 11 is 6.50. The topological polar surface area (TPSA) is 75.3 Å². The molecule has 1 saturated heterocycles. The number of aromatic hydroxyl groups is 1. The Morgan fingerprint density at radius 2 is 1.80 bits per heavy atom. The molecule has 1 aliphatic heterocycles. The number of nitrogens with zero attached hydrogens (tertiary/aromatic N) is 4. The number of nitrogens with one attached hydrogen (secondary N) is 1. The van der Waals surface area contributed by atoms with E-state index in [-0.39, 0.29) is 11.4 Å². The van der Waals surface area contributed by atoms with Crippen molar-refractivity contribution >= 4 is 17.4 Å². The second-order valence-corrected chi connectivity index (χ2v) is 8.98. The van der Waals surface area contributed by atoms with Gasteiger partial charge in [-0.1, -0.05) is 17.7 Å². The van der Waals surface area contributed by atoms with E-state index < -0.39 is 5.82 Å². The van der Waals surface area contributed by atoms with Crippen LogP contribution in [0.3, 0.4) is 0 Å². The SMILES string of the molecule is Cn1ccn(-c2ccc(-c3cc(F)cc(-c4ccnc(N5CCCNCC5)c4)c3O)cc2Cl)c1=O. The van der Waals surface area contributed by atoms with Crippen molar-refractivity contribution in [3.05, 3.63) is 82.4 Å². The Morgan fingerprint density at radius 1 is 1.03 bits per heavy atom. The maximum absolute atomic E-state index is 14.8. The second kappa shape index (κ2) is 9.56. The molecular weight excluding hydrogens is 469 g/mol. The fraction of sp³-hybridized carbons (Fsp3) is 0.231. The fourth-order valence-electron chi connectivity index (χ4n) is 4.39. The molecule has 0 spiro atoms. The number of hydrogen-bond acceptors (Lipinski definition) is 5. The summed E-state index contributed by atoms with van der Waals surface area (Å²) < 4.78 is 17.6. The molecule has 0 aliphatic carbocycles. The van der Waals surface area contributed by atoms with Gasteiger partial charge in [0.15, 0.2) is 0 Å². The average Bonchev–Trinajstić information content (AvgIpc) is 3.05. The quantitative estimate of drug-likeness (QED) is 0.445. The fourth-order valence-corrected chi connectivity index (χ4v) is 4.66. The summed E-state index contributed by atoms with van der Waals surface area (Å²) in [5, 5.41) is 14.9. The van der Waals surface area contributed by atoms with Crippen LogP contribution in [0, 0.1) is 5.82 Å². The molecule has 180 valence electrons. The zero-order valence-electron chi connectivity index (χ0n) is 19.2. The van der Waals surface area contributed by atoms with E-state index in [0.717, 1.165) is 38.4 Å². The molecule has 2 aromatic heterocycles. The van der Waals surface area contributed by atoms with Gasteiger partial charge in [-0.2, -0.15) is 0 Å². The highest BCUT2D eigenvalue weighted by Crippen LogP contribution is 2.40. The van der Waals surface area contributed by atoms with Gasteiger partial charge in [0.2, 0.25) is 0 Å². The summed E-state index contributed by atoms with van der Waals surface area (Å²) in [5.41, 5.74) is 2.16. The van der Waals surface area contributed by atoms with Crippen molar-refractivity contribution in [3.8, 4) is 33.7 Å². The third kappa shape index (κ3) is 4.54. The molecule has 1 fully saturated rings. The number of benzene rings is 2. The Bertz CT molecular complexity index is 1440. The number of imidazole rings is 1. The number of aromatic nitrogens is 3. The number of halogens is 2. The molecule has 2 aromatic carbocycles. The van der Waals surface area contributed by atoms with Gasteiger partial charge < -0.3 is 19.9 Å². The molecule has 7 nitrogen and oxygen atoms in total. The molecule has 4 aromatic rings. The van der Waals surface area contributed by atoms with Crippen molar-refractivity contribution in [1.82, 2.24) is 19.4 Å². The molecule has 0 radical (unpaired) electrons. The molecule has 0 saturated carbocycles. The second-order valence-electron chi connectivity index (χ2n) is 8.57. The van der Waals surface area contributed by atoms with Crippen LogP contribution in [0.5, 0.6) is 5.75 Å². The Kier molecular flexibility index (Phi) is 6.32. The van der Waals surface area contributed by atoms with Crippen molar-refractivity contribution in [2.45, 2.75) is 6.42 Å². The van der Waals surface area contributed by atoms with E-state index in [1.54, 1.807) is 49.9 Å². The van der Waals surface area contributed by atoms with E-state index in [1.165, 1.54) is 21.3 Å². The third-order valence-corrected chi connectivity index (χ3v) is 6.56. The summed E-state index contributed by atoms with van der Waals surface area (Å²) in [5.74, 6) is 0.253. The predicted octanol–water partition coefficient (Wildman–Crippen LogP) is 4.20. The molecule has 0 atom stereocenters. The number of hydrogen-bond donors (Lipinski definition) is 2. The molecule has 0 amide bonds. The molecule has 0 bridgehead atoms. The monoisotopic (exact) mass is 493 g/mol. The first kappa shape index (κ1) is 23.1. The zero-order chi connectivity index (χ0) is 24.5. The van der Waals surface area contributed by atoms with Crippen molar-refractivity contribution in [2.24, 2.45) is 7.05 Å². The summed E-state index contributed by atoms with van der Waals surface area (Å²) in [7, 11) is 1.65. The first-order valence-electron chi connectivity index (χ1n) is 11.4. The molecule has 9 heteroatoms. The highest BCUT2D eigenvalue weighted by atomic mass is 35.5. The lowest BCUT2D eigenvalue weighted by Gasteiger charge is -2.21. The Balaban J connectivity index is 1.54. The molecule has 1 aliphatic rings. The lowest BCUT2D eigenvalue weighted by Crippen LogP contribution is -2.28. The van der Waals surface area contributed by atoms with Crippen LogP contribution < -0.4 is 15.9 Å². The first-order chi connectivity index (χ1) is 16.9. The van der Waals surface area contributed by atoms with E-state index in [2.05, 4.69) is 15.2 Å². The van der Waals surface area contributed by atoms with Crippen LogP contribution in [-0.2, 0) is 7.05 Å². The van der Waals surface area contributed by atoms with Gasteiger partial charge in [-0.25, -0.2) is 14.2 Å². The molecule has 0 unspecified atom stereocenters. The predicted molar refractivity (Wildman–Crippen MR) is 136 cm³/mol. The molecule has 3 heterocycles. The van der Waals surface area contributed by atoms with Gasteiger partial charge >= 0.3 is 5.69 Å². The number of phenols is 1. The Labute approximate surface area is 207 Å². The van der Waals surface area contributed by atoms with Gasteiger partial charge in [-0.15, -0.1) is 0 Å². The van der Waals surface area contributed by atoms with Crippen LogP contribution >= 0.6 is 11.6 Å².